The molecule has 0 saturated carbocycles. The molecule has 1 aliphatic heterocycles. The van der Waals surface area contributed by atoms with Crippen LogP contribution in [0.15, 0.2) is 23.1 Å². The van der Waals surface area contributed by atoms with Gasteiger partial charge in [0.05, 0.1) is 17.6 Å². The number of benzene rings is 1. The molecule has 1 heterocycles. The van der Waals surface area contributed by atoms with Crippen molar-refractivity contribution in [2.24, 2.45) is 0 Å². The molecule has 25 heavy (non-hydrogen) atoms. The van der Waals surface area contributed by atoms with E-state index in [9.17, 15) is 14.4 Å². The molecule has 2 amide bonds. The van der Waals surface area contributed by atoms with Crippen molar-refractivity contribution in [2.45, 2.75) is 26.9 Å². The maximum absolute atomic E-state index is 12.4. The van der Waals surface area contributed by atoms with E-state index in [2.05, 4.69) is 0 Å². The van der Waals surface area contributed by atoms with Crippen LogP contribution in [0.4, 0.5) is 4.79 Å². The topological polar surface area (TPSA) is 72.9 Å². The molecule has 0 spiro atoms. The Morgan fingerprint density at radius 2 is 2.08 bits per heavy atom. The fraction of sp³-hybridized carbons (Fsp3) is 0.353. The van der Waals surface area contributed by atoms with Gasteiger partial charge in [-0.15, -0.1) is 0 Å². The lowest BCUT2D eigenvalue weighted by molar-refractivity contribution is -0.149. The molecular weight excluding hydrogens is 366 g/mol. The van der Waals surface area contributed by atoms with Crippen molar-refractivity contribution in [3.63, 3.8) is 0 Å². The Bertz CT molecular complexity index is 732. The Kier molecular flexibility index (Phi) is 6.50. The number of carbonyl (C=O) groups excluding carboxylic acids is 3. The summed E-state index contributed by atoms with van der Waals surface area (Å²) in [5.41, 5.74) is 0.588. The highest BCUT2D eigenvalue weighted by atomic mass is 35.5. The average Bonchev–Trinajstić information content (AvgIpc) is 2.77. The predicted octanol–water partition coefficient (Wildman–Crippen LogP) is 3.73. The van der Waals surface area contributed by atoms with E-state index in [1.54, 1.807) is 32.0 Å². The van der Waals surface area contributed by atoms with E-state index in [-0.39, 0.29) is 11.0 Å². The van der Waals surface area contributed by atoms with Crippen LogP contribution in [-0.2, 0) is 14.3 Å². The molecule has 0 aliphatic carbocycles. The fourth-order valence-corrected chi connectivity index (χ4v) is 3.14. The summed E-state index contributed by atoms with van der Waals surface area (Å²) in [6.45, 7) is 5.27. The second-order valence-corrected chi connectivity index (χ2v) is 6.85. The number of ether oxygens (including phenoxy) is 2. The quantitative estimate of drug-likeness (QED) is 0.550. The Labute approximate surface area is 155 Å². The van der Waals surface area contributed by atoms with Crippen molar-refractivity contribution in [1.29, 1.82) is 0 Å². The number of nitrogens with zero attached hydrogens (tertiary/aromatic N) is 1. The van der Waals surface area contributed by atoms with Gasteiger partial charge in [-0.25, -0.2) is 0 Å². The van der Waals surface area contributed by atoms with E-state index >= 15 is 0 Å². The van der Waals surface area contributed by atoms with Gasteiger partial charge in [-0.3, -0.25) is 19.3 Å². The van der Waals surface area contributed by atoms with E-state index in [1.807, 2.05) is 6.92 Å². The Morgan fingerprint density at radius 1 is 1.36 bits per heavy atom. The van der Waals surface area contributed by atoms with Crippen LogP contribution in [0.1, 0.15) is 26.3 Å². The molecular formula is C17H18ClNO5S. The van der Waals surface area contributed by atoms with Crippen LogP contribution in [0, 0.1) is 0 Å². The number of thioether (sulfide) groups is 1. The van der Waals surface area contributed by atoms with E-state index in [0.29, 0.717) is 22.9 Å². The molecule has 1 fully saturated rings. The number of hydrogen-bond acceptors (Lipinski definition) is 6. The monoisotopic (exact) mass is 383 g/mol. The third kappa shape index (κ3) is 4.99. The van der Waals surface area contributed by atoms with Gasteiger partial charge in [0.2, 0.25) is 0 Å². The SMILES string of the molecule is CCOc1ccc(Cl)cc1/C=C1/SC(=O)N(CC(=O)OC(C)C)C1=O. The Balaban J connectivity index is 2.23. The largest absolute Gasteiger partial charge is 0.493 e. The number of halogens is 1. The van der Waals surface area contributed by atoms with E-state index in [0.717, 1.165) is 16.7 Å². The van der Waals surface area contributed by atoms with Crippen molar-refractivity contribution in [3.8, 4) is 5.75 Å². The van der Waals surface area contributed by atoms with Gasteiger partial charge >= 0.3 is 5.97 Å². The molecule has 1 aromatic carbocycles. The predicted molar refractivity (Wildman–Crippen MR) is 96.5 cm³/mol. The molecule has 0 N–H and O–H groups in total. The minimum Gasteiger partial charge on any atom is -0.493 e. The lowest BCUT2D eigenvalue weighted by Crippen LogP contribution is -2.35. The van der Waals surface area contributed by atoms with Gasteiger partial charge < -0.3 is 9.47 Å². The van der Waals surface area contributed by atoms with Crippen LogP contribution in [-0.4, -0.2) is 41.3 Å². The van der Waals surface area contributed by atoms with Crippen LogP contribution in [0.5, 0.6) is 5.75 Å². The lowest BCUT2D eigenvalue weighted by Gasteiger charge is -2.13. The maximum Gasteiger partial charge on any atom is 0.326 e. The average molecular weight is 384 g/mol. The zero-order chi connectivity index (χ0) is 18.6. The molecule has 2 rings (SSSR count). The zero-order valence-electron chi connectivity index (χ0n) is 14.1. The van der Waals surface area contributed by atoms with Crippen LogP contribution >= 0.6 is 23.4 Å². The minimum absolute atomic E-state index is 0.200. The molecule has 134 valence electrons. The van der Waals surface area contributed by atoms with Crippen molar-refractivity contribution in [1.82, 2.24) is 4.90 Å². The summed E-state index contributed by atoms with van der Waals surface area (Å²) >= 11 is 6.76. The van der Waals surface area contributed by atoms with Gasteiger partial charge in [0.25, 0.3) is 11.1 Å². The first-order valence-corrected chi connectivity index (χ1v) is 8.88. The third-order valence-corrected chi connectivity index (χ3v) is 4.23. The van der Waals surface area contributed by atoms with Crippen molar-refractivity contribution < 1.29 is 23.9 Å². The molecule has 0 aromatic heterocycles. The third-order valence-electron chi connectivity index (χ3n) is 3.09. The van der Waals surface area contributed by atoms with E-state index in [1.165, 1.54) is 6.08 Å². The lowest BCUT2D eigenvalue weighted by atomic mass is 10.2. The van der Waals surface area contributed by atoms with Gasteiger partial charge in [-0.2, -0.15) is 0 Å². The first-order valence-electron chi connectivity index (χ1n) is 7.69. The normalized spacial score (nSPS) is 16.0. The molecule has 1 aromatic rings. The molecule has 0 atom stereocenters. The van der Waals surface area contributed by atoms with Gasteiger partial charge in [0, 0.05) is 10.6 Å². The highest BCUT2D eigenvalue weighted by Gasteiger charge is 2.37. The Hall–Kier alpha value is -1.99. The van der Waals surface area contributed by atoms with Crippen LogP contribution in [0.3, 0.4) is 0 Å². The Morgan fingerprint density at radius 3 is 2.72 bits per heavy atom. The summed E-state index contributed by atoms with van der Waals surface area (Å²) in [7, 11) is 0. The molecule has 1 aliphatic rings. The number of hydrogen-bond donors (Lipinski definition) is 0. The second-order valence-electron chi connectivity index (χ2n) is 5.42. The summed E-state index contributed by atoms with van der Waals surface area (Å²) < 4.78 is 10.5. The van der Waals surface area contributed by atoms with Crippen molar-refractivity contribution >= 4 is 46.6 Å². The summed E-state index contributed by atoms with van der Waals surface area (Å²) in [5.74, 6) is -0.618. The van der Waals surface area contributed by atoms with Crippen molar-refractivity contribution in [3.05, 3.63) is 33.7 Å². The molecule has 6 nitrogen and oxygen atoms in total. The first-order chi connectivity index (χ1) is 11.8. The van der Waals surface area contributed by atoms with Gasteiger partial charge in [0.15, 0.2) is 0 Å². The van der Waals surface area contributed by atoms with Gasteiger partial charge in [-0.05, 0) is 56.8 Å². The number of imide groups is 1. The number of amides is 2. The first kappa shape index (κ1) is 19.3. The molecule has 8 heteroatoms. The van der Waals surface area contributed by atoms with Crippen LogP contribution < -0.4 is 4.74 Å². The molecule has 0 bridgehead atoms. The molecule has 1 saturated heterocycles. The van der Waals surface area contributed by atoms with E-state index < -0.39 is 23.7 Å². The summed E-state index contributed by atoms with van der Waals surface area (Å²) in [4.78, 5) is 37.3. The van der Waals surface area contributed by atoms with Crippen LogP contribution in [0.2, 0.25) is 5.02 Å². The summed E-state index contributed by atoms with van der Waals surface area (Å²) in [6, 6.07) is 5.02. The highest BCUT2D eigenvalue weighted by molar-refractivity contribution is 8.18. The van der Waals surface area contributed by atoms with Gasteiger partial charge in [0.1, 0.15) is 12.3 Å². The van der Waals surface area contributed by atoms with Crippen molar-refractivity contribution in [2.75, 3.05) is 13.2 Å². The fourth-order valence-electron chi connectivity index (χ4n) is 2.13. The van der Waals surface area contributed by atoms with E-state index in [4.69, 9.17) is 21.1 Å². The summed E-state index contributed by atoms with van der Waals surface area (Å²) in [5, 5.41) is -0.0358. The highest BCUT2D eigenvalue weighted by Crippen LogP contribution is 2.34. The summed E-state index contributed by atoms with van der Waals surface area (Å²) in [6.07, 6.45) is 1.22. The standard InChI is InChI=1S/C17H18ClNO5S/c1-4-23-13-6-5-12(18)7-11(13)8-14-16(21)19(17(22)25-14)9-15(20)24-10(2)3/h5-8,10H,4,9H2,1-3H3/b14-8+. The maximum atomic E-state index is 12.4. The second kappa shape index (κ2) is 8.40. The van der Waals surface area contributed by atoms with Gasteiger partial charge in [-0.1, -0.05) is 11.6 Å². The number of rotatable bonds is 6. The number of carbonyl (C=O) groups is 3. The minimum atomic E-state index is -0.628. The number of esters is 1. The molecule has 0 radical (unpaired) electrons. The zero-order valence-corrected chi connectivity index (χ0v) is 15.6. The smallest absolute Gasteiger partial charge is 0.326 e. The molecule has 0 unspecified atom stereocenters. The van der Waals surface area contributed by atoms with Crippen LogP contribution in [0.25, 0.3) is 6.08 Å².